The van der Waals surface area contributed by atoms with Gasteiger partial charge >= 0.3 is 21.7 Å². The van der Waals surface area contributed by atoms with Crippen molar-refractivity contribution in [1.29, 1.82) is 0 Å². The number of carbonyl (C=O) groups excluding carboxylic acids is 1. The predicted octanol–water partition coefficient (Wildman–Crippen LogP) is 10.6. The molecule has 4 aromatic carbocycles. The molecule has 13 heterocycles. The summed E-state index contributed by atoms with van der Waals surface area (Å²) in [5.41, 5.74) is -1.74. The highest BCUT2D eigenvalue weighted by molar-refractivity contribution is 9.10. The molecule has 10 aromatic rings. The van der Waals surface area contributed by atoms with Crippen LogP contribution in [0.5, 0.6) is 28.7 Å². The summed E-state index contributed by atoms with van der Waals surface area (Å²) in [4.78, 5) is 50.2. The van der Waals surface area contributed by atoms with Crippen LogP contribution in [0.2, 0.25) is 0 Å². The van der Waals surface area contributed by atoms with Gasteiger partial charge < -0.3 is 121 Å². The molecular formula is C91H103Br2F3N10O25S. The lowest BCUT2D eigenvalue weighted by Gasteiger charge is -2.39. The molecule has 132 heavy (non-hydrogen) atoms. The number of amides is 1. The molecule has 0 atom stereocenters. The maximum atomic E-state index is 12.5. The van der Waals surface area contributed by atoms with Crippen molar-refractivity contribution in [2.45, 2.75) is 65.5 Å². The molecule has 0 saturated carbocycles. The average molecular weight is 1990 g/mol. The number of rotatable bonds is 35. The number of benzene rings is 4. The topological polar surface area (TPSA) is 426 Å². The van der Waals surface area contributed by atoms with E-state index in [1.165, 1.54) is 24.1 Å². The van der Waals surface area contributed by atoms with Crippen LogP contribution < -0.4 is 49.4 Å². The molecular weight excluding hydrogens is 1880 g/mol. The minimum Gasteiger partial charge on any atom is -0.489 e. The summed E-state index contributed by atoms with van der Waals surface area (Å²) in [5.74, 6) is 3.92. The van der Waals surface area contributed by atoms with E-state index in [0.717, 1.165) is 56.1 Å². The van der Waals surface area contributed by atoms with Gasteiger partial charge in [-0.05, 0) is 54.1 Å². The van der Waals surface area contributed by atoms with Gasteiger partial charge in [-0.1, -0.05) is 121 Å². The number of nitrogens with zero attached hydrogens (tertiary/aromatic N) is 6. The van der Waals surface area contributed by atoms with Crippen LogP contribution in [0.1, 0.15) is 56.4 Å². The van der Waals surface area contributed by atoms with Crippen LogP contribution in [-0.4, -0.2) is 238 Å². The Balaban J connectivity index is 0.000000144. The molecule has 1 amide bonds. The molecule has 7 aliphatic rings. The number of carbonyl (C=O) groups is 1. The van der Waals surface area contributed by atoms with E-state index in [4.69, 9.17) is 91.1 Å². The Kier molecular flexibility index (Phi) is 35.6. The minimum absolute atomic E-state index is 0.00475. The van der Waals surface area contributed by atoms with Gasteiger partial charge in [-0.2, -0.15) is 21.6 Å². The van der Waals surface area contributed by atoms with Gasteiger partial charge in [0.15, 0.2) is 39.0 Å². The summed E-state index contributed by atoms with van der Waals surface area (Å²) in [5, 5.41) is 45.4. The number of methoxy groups -OCH3 is 5. The number of anilines is 4. The first-order valence-electron chi connectivity index (χ1n) is 41.5. The molecule has 17 rings (SSSR count). The molecule has 0 unspecified atom stereocenters. The number of alkyl halides is 3. The highest BCUT2D eigenvalue weighted by atomic mass is 79.9. The lowest BCUT2D eigenvalue weighted by atomic mass is 9.96. The van der Waals surface area contributed by atoms with Crippen molar-refractivity contribution >= 4 is 71.3 Å². The van der Waals surface area contributed by atoms with Crippen LogP contribution in [0.25, 0.3) is 0 Å². The molecule has 7 saturated heterocycles. The molecule has 0 spiro atoms. The van der Waals surface area contributed by atoms with Gasteiger partial charge in [-0.3, -0.25) is 9.69 Å². The number of H-pyrrole nitrogens is 1. The molecule has 41 heteroatoms. The molecule has 7 fully saturated rings. The van der Waals surface area contributed by atoms with Gasteiger partial charge in [0.05, 0.1) is 140 Å². The smallest absolute Gasteiger partial charge is 0.489 e. The van der Waals surface area contributed by atoms with Crippen molar-refractivity contribution in [2.24, 2.45) is 0 Å². The van der Waals surface area contributed by atoms with E-state index in [-0.39, 0.29) is 69.7 Å². The fourth-order valence-corrected chi connectivity index (χ4v) is 14.5. The lowest BCUT2D eigenvalue weighted by Crippen LogP contribution is -2.49. The number of hydrogen-bond acceptors (Lipinski definition) is 33. The largest absolute Gasteiger partial charge is 0.534 e. The molecule has 35 nitrogen and oxygen atoms in total. The molecule has 8 N–H and O–H groups in total. The Morgan fingerprint density at radius 1 is 0.432 bits per heavy atom. The van der Waals surface area contributed by atoms with Crippen molar-refractivity contribution in [3.8, 4) is 28.7 Å². The molecule has 0 radical (unpaired) electrons. The van der Waals surface area contributed by atoms with E-state index in [2.05, 4.69) is 81.9 Å². The monoisotopic (exact) mass is 1980 g/mol. The number of pyridine rings is 6. The van der Waals surface area contributed by atoms with Crippen LogP contribution in [0.3, 0.4) is 0 Å². The summed E-state index contributed by atoms with van der Waals surface area (Å²) >= 11 is 6.77. The number of aliphatic hydroxyl groups is 4. The summed E-state index contributed by atoms with van der Waals surface area (Å²) in [7, 11) is 2.10. The predicted molar refractivity (Wildman–Crippen MR) is 480 cm³/mol. The van der Waals surface area contributed by atoms with Crippen LogP contribution in [-0.2, 0) is 127 Å². The molecule has 7 aliphatic heterocycles. The summed E-state index contributed by atoms with van der Waals surface area (Å²) in [6.07, 6.45) is -0.403. The van der Waals surface area contributed by atoms with E-state index < -0.39 is 61.1 Å². The van der Waals surface area contributed by atoms with Crippen molar-refractivity contribution in [3.63, 3.8) is 0 Å². The Morgan fingerprint density at radius 3 is 1.12 bits per heavy atom. The fourth-order valence-electron chi connectivity index (χ4n) is 13.2. The number of aromatic nitrogens is 6. The fraction of sp³-hybridized carbons (Fsp3) is 0.396. The minimum atomic E-state index is -5.82. The number of halogens is 5. The zero-order valence-electron chi connectivity index (χ0n) is 72.8. The van der Waals surface area contributed by atoms with Gasteiger partial charge in [-0.15, -0.1) is 0 Å². The van der Waals surface area contributed by atoms with Gasteiger partial charge in [0.25, 0.3) is 0 Å². The standard InChI is InChI=1S/C19H20N2O5.C18H22N2O4.C16H16BrNO3.C15H14BrNO3.C12H15F3N2O6S.C11H16N2O4/c1-23-19(12-24-13-19)16-9-15(26-11-14-5-3-2-4-6-14)10-17(20-16)21-7-8-25-18(21)22;1-22-18(12-23-13-18)16-9-15(10-17(20-16)19-7-8-21)24-11-14-5-3-2-4-6-14;1-19-16(10-20-11-16)14-7-13(8-15(17)18-14)21-9-12-5-3-2-4-6-12;16-14-7-12(20-8-11-4-2-1-3-5-11)6-13(17-14)15(18)9-19-10-15;1-21-11(6-22-7-11)9-4-8(5-10(17-9)16-2-3-18)23-24(19,20)12(13,14)15;1-16-11(6-17-7-11)9-4-8(15)5-10(13-9)12-2-3-14/h2-6,9-10H,7-8,11-13H2,1H3;2-6,9-10,21H,7-8,11-13H2,1H3,(H,19,20);2-8H,9-11H2,1H3;1-7,18H,8-10H2;4-5,18H,2-3,6-7H2,1H3,(H,16,17);4-5,14H,2-3,6-7H2,1H3,(H2,12,13,15). The molecule has 0 aliphatic carbocycles. The highest BCUT2D eigenvalue weighted by Gasteiger charge is 2.51. The number of hydrogen-bond donors (Lipinski definition) is 8. The van der Waals surface area contributed by atoms with E-state index in [0.29, 0.717) is 162 Å². The quantitative estimate of drug-likeness (QED) is 0.0104. The Bertz CT molecular complexity index is 5520. The van der Waals surface area contributed by atoms with Crippen molar-refractivity contribution < 1.29 is 127 Å². The van der Waals surface area contributed by atoms with Gasteiger partial charge in [-0.25, -0.2) is 29.7 Å². The third-order valence-electron chi connectivity index (χ3n) is 21.4. The number of ether oxygens (including phenoxy) is 16. The van der Waals surface area contributed by atoms with E-state index in [1.54, 1.807) is 46.6 Å². The second-order valence-electron chi connectivity index (χ2n) is 30.6. The Morgan fingerprint density at radius 2 is 0.773 bits per heavy atom. The number of cyclic esters (lactones) is 1. The second kappa shape index (κ2) is 46.8. The first-order chi connectivity index (χ1) is 63.7. The Labute approximate surface area is 776 Å². The average Bonchev–Trinajstić information content (AvgIpc) is 1.28. The van der Waals surface area contributed by atoms with Crippen LogP contribution in [0.4, 0.5) is 41.2 Å². The van der Waals surface area contributed by atoms with Crippen molar-refractivity contribution in [1.82, 2.24) is 29.9 Å². The Hall–Kier alpha value is -10.7. The molecule has 6 aromatic heterocycles. The normalized spacial score (nSPS) is 16.9. The number of aliphatic hydroxyl groups excluding tert-OH is 3. The zero-order valence-corrected chi connectivity index (χ0v) is 76.8. The molecule has 708 valence electrons. The maximum absolute atomic E-state index is 12.5. The van der Waals surface area contributed by atoms with E-state index in [1.807, 2.05) is 152 Å². The first kappa shape index (κ1) is 100. The summed E-state index contributed by atoms with van der Waals surface area (Å²) in [6.45, 7) is 7.77. The number of aromatic amines is 1. The van der Waals surface area contributed by atoms with Gasteiger partial charge in [0.1, 0.15) is 94.3 Å². The van der Waals surface area contributed by atoms with Crippen LogP contribution in [0.15, 0.2) is 208 Å². The third-order valence-corrected chi connectivity index (χ3v) is 23.2. The maximum Gasteiger partial charge on any atom is 0.534 e. The lowest BCUT2D eigenvalue weighted by molar-refractivity contribution is -0.204. The van der Waals surface area contributed by atoms with Crippen molar-refractivity contribution in [3.05, 3.63) is 270 Å². The highest BCUT2D eigenvalue weighted by Crippen LogP contribution is 2.42. The zero-order chi connectivity index (χ0) is 93.8. The first-order valence-corrected chi connectivity index (χ1v) is 44.5. The summed E-state index contributed by atoms with van der Waals surface area (Å²) < 4.78 is 152. The summed E-state index contributed by atoms with van der Waals surface area (Å²) in [6, 6.07) is 59.5. The SMILES string of the molecule is COC1(c2cc(=O)cc(NCCO)[nH]2)COC1.COC1(c2cc(OCc3ccccc3)cc(Br)n2)COC1.COC1(c2cc(OCc3ccccc3)cc(N3CCOC3=O)n2)COC1.COC1(c2cc(OCc3ccccc3)cc(NCCO)n2)COC1.COC1(c2cc(OS(=O)(=O)C(F)(F)F)cc(NCCO)n2)COC1.OC1(c2cc(OCc3ccccc3)cc(Br)n2)COC1. The van der Waals surface area contributed by atoms with E-state index in [9.17, 15) is 36.3 Å². The van der Waals surface area contributed by atoms with Crippen molar-refractivity contribution in [2.75, 3.05) is 188 Å². The third kappa shape index (κ3) is 26.3. The van der Waals surface area contributed by atoms with Gasteiger partial charge in [0.2, 0.25) is 0 Å². The number of nitrogens with one attached hydrogen (secondary N) is 4. The van der Waals surface area contributed by atoms with E-state index >= 15 is 0 Å². The second-order valence-corrected chi connectivity index (χ2v) is 33.8. The molecule has 0 bridgehead atoms. The van der Waals surface area contributed by atoms with Gasteiger partial charge in [0, 0.05) is 128 Å². The van der Waals surface area contributed by atoms with Crippen LogP contribution in [0, 0.1) is 0 Å². The van der Waals surface area contributed by atoms with Crippen LogP contribution >= 0.6 is 31.9 Å².